The number of hydrogen-bond donors (Lipinski definition) is 0. The topological polar surface area (TPSA) is 26.3 Å². The molecule has 0 spiro atoms. The standard InChI is InChI=1S/C23H42NO2/c1-10-15-24(12-3,18-20(4)5)16-13-22(6,7)19-23(8,9)14-17-26-21(25)11-2/h3,11,20H,2,10,13-19H2,1,4-9H3/q+1. The normalized spacial score (nSPS) is 14.6. The van der Waals surface area contributed by atoms with Gasteiger partial charge in [0.25, 0.3) is 0 Å². The van der Waals surface area contributed by atoms with Crippen molar-refractivity contribution >= 4 is 5.97 Å². The molecule has 0 aliphatic heterocycles. The zero-order valence-electron chi connectivity index (χ0n) is 18.4. The van der Waals surface area contributed by atoms with E-state index in [0.29, 0.717) is 12.5 Å². The fraction of sp³-hybridized carbons (Fsp3) is 0.783. The zero-order chi connectivity index (χ0) is 20.4. The Labute approximate surface area is 162 Å². The number of esters is 1. The smallest absolute Gasteiger partial charge is 0.330 e. The van der Waals surface area contributed by atoms with Crippen LogP contribution in [0.4, 0.5) is 0 Å². The number of quaternary nitrogens is 1. The van der Waals surface area contributed by atoms with Gasteiger partial charge in [0, 0.05) is 18.4 Å². The molecule has 0 saturated carbocycles. The van der Waals surface area contributed by atoms with Crippen molar-refractivity contribution in [2.24, 2.45) is 16.7 Å². The van der Waals surface area contributed by atoms with Gasteiger partial charge in [0.15, 0.2) is 0 Å². The van der Waals surface area contributed by atoms with Crippen LogP contribution in [-0.4, -0.2) is 36.7 Å². The third kappa shape index (κ3) is 10.0. The van der Waals surface area contributed by atoms with Crippen LogP contribution in [0.1, 0.15) is 74.1 Å². The van der Waals surface area contributed by atoms with Gasteiger partial charge in [-0.25, -0.2) is 9.28 Å². The molecule has 0 N–H and O–H groups in total. The monoisotopic (exact) mass is 364 g/mol. The Morgan fingerprint density at radius 1 is 1.19 bits per heavy atom. The second-order valence-corrected chi connectivity index (χ2v) is 9.67. The summed E-state index contributed by atoms with van der Waals surface area (Å²) in [7, 11) is 0. The van der Waals surface area contributed by atoms with E-state index in [1.807, 2.05) is 0 Å². The average Bonchev–Trinajstić information content (AvgIpc) is 2.51. The molecule has 0 heterocycles. The molecule has 0 aliphatic rings. The second kappa shape index (κ2) is 10.8. The summed E-state index contributed by atoms with van der Waals surface area (Å²) in [4.78, 5) is 11.2. The first-order valence-electron chi connectivity index (χ1n) is 10.0. The molecule has 3 nitrogen and oxygen atoms in total. The van der Waals surface area contributed by atoms with Crippen LogP contribution in [0.3, 0.4) is 0 Å². The minimum absolute atomic E-state index is 0.111. The highest BCUT2D eigenvalue weighted by atomic mass is 16.5. The van der Waals surface area contributed by atoms with E-state index in [9.17, 15) is 4.79 Å². The number of terminal acetylenes is 1. The van der Waals surface area contributed by atoms with E-state index in [4.69, 9.17) is 11.2 Å². The highest BCUT2D eigenvalue weighted by Crippen LogP contribution is 2.39. The maximum atomic E-state index is 11.2. The number of nitrogens with zero attached hydrogens (tertiary/aromatic N) is 1. The highest BCUT2D eigenvalue weighted by Gasteiger charge is 2.33. The van der Waals surface area contributed by atoms with Crippen molar-refractivity contribution in [3.63, 3.8) is 0 Å². The van der Waals surface area contributed by atoms with Crippen LogP contribution in [-0.2, 0) is 9.53 Å². The first-order valence-corrected chi connectivity index (χ1v) is 10.0. The Hall–Kier alpha value is -1.27. The summed E-state index contributed by atoms with van der Waals surface area (Å²) in [5, 5.41) is 0. The average molecular weight is 365 g/mol. The number of ether oxygens (including phenoxy) is 1. The summed E-state index contributed by atoms with van der Waals surface area (Å²) < 4.78 is 5.94. The van der Waals surface area contributed by atoms with Crippen LogP contribution in [0.5, 0.6) is 0 Å². The lowest BCUT2D eigenvalue weighted by molar-refractivity contribution is -0.868. The molecule has 0 aromatic heterocycles. The second-order valence-electron chi connectivity index (χ2n) is 9.67. The molecule has 1 unspecified atom stereocenters. The maximum Gasteiger partial charge on any atom is 0.330 e. The summed E-state index contributed by atoms with van der Waals surface area (Å²) in [5.41, 5.74) is 0.302. The van der Waals surface area contributed by atoms with Gasteiger partial charge in [-0.1, -0.05) is 61.5 Å². The van der Waals surface area contributed by atoms with E-state index >= 15 is 0 Å². The predicted molar refractivity (Wildman–Crippen MR) is 111 cm³/mol. The molecule has 26 heavy (non-hydrogen) atoms. The van der Waals surface area contributed by atoms with Crippen molar-refractivity contribution in [1.82, 2.24) is 0 Å². The Kier molecular flexibility index (Phi) is 10.2. The van der Waals surface area contributed by atoms with Gasteiger partial charge in [-0.3, -0.25) is 0 Å². The van der Waals surface area contributed by atoms with Crippen molar-refractivity contribution in [2.75, 3.05) is 26.2 Å². The van der Waals surface area contributed by atoms with Crippen molar-refractivity contribution in [1.29, 1.82) is 0 Å². The molecule has 0 aliphatic carbocycles. The molecule has 0 bridgehead atoms. The lowest BCUT2D eigenvalue weighted by Crippen LogP contribution is -2.48. The molecule has 0 radical (unpaired) electrons. The van der Waals surface area contributed by atoms with Gasteiger partial charge in [-0.15, -0.1) is 0 Å². The van der Waals surface area contributed by atoms with Crippen molar-refractivity contribution in [3.05, 3.63) is 12.7 Å². The minimum Gasteiger partial charge on any atom is -0.463 e. The van der Waals surface area contributed by atoms with Crippen LogP contribution in [0, 0.1) is 29.2 Å². The van der Waals surface area contributed by atoms with Gasteiger partial charge >= 0.3 is 5.97 Å². The number of carbonyl (C=O) groups excluding carboxylic acids is 1. The third-order valence-electron chi connectivity index (χ3n) is 5.00. The Balaban J connectivity index is 4.80. The molecule has 0 amide bonds. The predicted octanol–water partition coefficient (Wildman–Crippen LogP) is 5.41. The van der Waals surface area contributed by atoms with Crippen molar-refractivity contribution in [2.45, 2.75) is 74.1 Å². The van der Waals surface area contributed by atoms with Crippen LogP contribution in [0.25, 0.3) is 0 Å². The molecule has 0 aromatic rings. The molecular formula is C23H42NO2+. The van der Waals surface area contributed by atoms with E-state index in [1.54, 1.807) is 0 Å². The van der Waals surface area contributed by atoms with Crippen molar-refractivity contribution < 1.29 is 14.0 Å². The molecule has 0 rings (SSSR count). The molecule has 0 fully saturated rings. The van der Waals surface area contributed by atoms with Gasteiger partial charge in [0.05, 0.1) is 26.2 Å². The Morgan fingerprint density at radius 3 is 2.23 bits per heavy atom. The SMILES string of the molecule is C#C[N+](CCC)(CCC(C)(C)CC(C)(C)CCOC(=O)C=C)CC(C)C. The first-order chi connectivity index (χ1) is 11.9. The first kappa shape index (κ1) is 24.7. The molecule has 3 heteroatoms. The summed E-state index contributed by atoms with van der Waals surface area (Å²) >= 11 is 0. The minimum atomic E-state index is -0.343. The van der Waals surface area contributed by atoms with E-state index < -0.39 is 0 Å². The van der Waals surface area contributed by atoms with Crippen LogP contribution >= 0.6 is 0 Å². The number of rotatable bonds is 13. The van der Waals surface area contributed by atoms with Gasteiger partial charge in [0.2, 0.25) is 0 Å². The van der Waals surface area contributed by atoms with Gasteiger partial charge < -0.3 is 4.74 Å². The van der Waals surface area contributed by atoms with E-state index in [-0.39, 0.29) is 16.8 Å². The number of hydrogen-bond acceptors (Lipinski definition) is 2. The largest absolute Gasteiger partial charge is 0.463 e. The fourth-order valence-corrected chi connectivity index (χ4v) is 4.08. The summed E-state index contributed by atoms with van der Waals surface area (Å²) in [6.07, 6.45) is 11.3. The molecule has 0 saturated heterocycles. The number of carbonyl (C=O) groups is 1. The molecule has 1 atom stereocenters. The highest BCUT2D eigenvalue weighted by molar-refractivity contribution is 5.81. The van der Waals surface area contributed by atoms with E-state index in [1.165, 1.54) is 6.08 Å². The van der Waals surface area contributed by atoms with E-state index in [0.717, 1.165) is 49.8 Å². The zero-order valence-corrected chi connectivity index (χ0v) is 18.4. The Morgan fingerprint density at radius 2 is 1.77 bits per heavy atom. The quantitative estimate of drug-likeness (QED) is 0.189. The molecular weight excluding hydrogens is 322 g/mol. The van der Waals surface area contributed by atoms with Gasteiger partial charge in [-0.05, 0) is 30.1 Å². The fourth-order valence-electron chi connectivity index (χ4n) is 4.08. The summed E-state index contributed by atoms with van der Waals surface area (Å²) in [6.45, 7) is 22.9. The summed E-state index contributed by atoms with van der Waals surface area (Å²) in [5.74, 6) is 0.251. The van der Waals surface area contributed by atoms with Gasteiger partial charge in [0.1, 0.15) is 6.04 Å². The van der Waals surface area contributed by atoms with Gasteiger partial charge in [-0.2, -0.15) is 0 Å². The lowest BCUT2D eigenvalue weighted by atomic mass is 9.72. The maximum absolute atomic E-state index is 11.2. The van der Waals surface area contributed by atoms with Crippen molar-refractivity contribution in [3.8, 4) is 12.5 Å². The van der Waals surface area contributed by atoms with Crippen LogP contribution < -0.4 is 0 Å². The summed E-state index contributed by atoms with van der Waals surface area (Å²) in [6, 6.07) is 3.11. The van der Waals surface area contributed by atoms with E-state index in [2.05, 4.69) is 61.1 Å². The van der Waals surface area contributed by atoms with Crippen LogP contribution in [0.2, 0.25) is 0 Å². The van der Waals surface area contributed by atoms with Crippen LogP contribution in [0.15, 0.2) is 12.7 Å². The lowest BCUT2D eigenvalue weighted by Gasteiger charge is -2.39. The molecule has 0 aromatic carbocycles. The molecule has 150 valence electrons. The third-order valence-corrected chi connectivity index (χ3v) is 5.00. The Bertz CT molecular complexity index is 485.